The Hall–Kier alpha value is -3.32. The van der Waals surface area contributed by atoms with Crippen molar-refractivity contribution >= 4 is 18.0 Å². The third kappa shape index (κ3) is 4.39. The number of piperidine rings is 1. The number of likely N-dealkylation sites (N-methyl/N-ethyl adjacent to an activating group) is 1. The van der Waals surface area contributed by atoms with Crippen LogP contribution in [-0.4, -0.2) is 78.7 Å². The Morgan fingerprint density at radius 1 is 1.16 bits per heavy atom. The number of hydrogen-bond donors (Lipinski definition) is 0. The van der Waals surface area contributed by atoms with Gasteiger partial charge in [-0.1, -0.05) is 43.3 Å². The van der Waals surface area contributed by atoms with Crippen LogP contribution in [-0.2, 0) is 14.3 Å². The van der Waals surface area contributed by atoms with Crippen LogP contribution < -0.4 is 0 Å². The predicted molar refractivity (Wildman–Crippen MR) is 143 cm³/mol. The Bertz CT molecular complexity index is 1170. The number of benzene rings is 1. The van der Waals surface area contributed by atoms with E-state index in [-0.39, 0.29) is 24.0 Å². The molecule has 2 saturated heterocycles. The second-order valence-corrected chi connectivity index (χ2v) is 10.3. The molecule has 1 spiro atoms. The minimum atomic E-state index is -0.398. The van der Waals surface area contributed by atoms with E-state index in [0.29, 0.717) is 32.6 Å². The van der Waals surface area contributed by atoms with Crippen LogP contribution in [0.15, 0.2) is 71.2 Å². The molecule has 7 nitrogen and oxygen atoms in total. The van der Waals surface area contributed by atoms with Crippen molar-refractivity contribution in [2.24, 2.45) is 5.92 Å². The number of hydrogen-bond acceptors (Lipinski definition) is 4. The van der Waals surface area contributed by atoms with Crippen molar-refractivity contribution in [1.29, 1.82) is 0 Å². The van der Waals surface area contributed by atoms with Crippen LogP contribution >= 0.6 is 0 Å². The quantitative estimate of drug-likeness (QED) is 0.551. The molecule has 3 heterocycles. The van der Waals surface area contributed by atoms with Gasteiger partial charge >= 0.3 is 6.03 Å². The SMILES string of the molecule is CCN1C(=O)N2CC3=C(C(C)C=C2C12CCN(C(=O)C=Cc1ccccc1)CC2)C(OC)CC(OC)=C3. The molecule has 3 aliphatic heterocycles. The first-order chi connectivity index (χ1) is 17.9. The molecule has 196 valence electrons. The van der Waals surface area contributed by atoms with Crippen LogP contribution in [0.25, 0.3) is 6.08 Å². The molecule has 0 aromatic heterocycles. The number of amides is 3. The van der Waals surface area contributed by atoms with Crippen LogP contribution in [0.4, 0.5) is 4.79 Å². The van der Waals surface area contributed by atoms with Gasteiger partial charge in [0.15, 0.2) is 0 Å². The Balaban J connectivity index is 1.40. The number of carbonyl (C=O) groups excluding carboxylic acids is 2. The highest BCUT2D eigenvalue weighted by Gasteiger charge is 2.55. The molecule has 37 heavy (non-hydrogen) atoms. The number of likely N-dealkylation sites (tertiary alicyclic amines) is 1. The number of rotatable bonds is 5. The molecule has 5 rings (SSSR count). The normalized spacial score (nSPS) is 25.2. The van der Waals surface area contributed by atoms with Crippen LogP contribution in [0, 0.1) is 5.92 Å². The summed E-state index contributed by atoms with van der Waals surface area (Å²) in [5, 5.41) is 0. The standard InChI is InChI=1S/C30H37N3O4/c1-5-33-29(35)32-20-23-18-24(36-3)19-25(37-4)28(23)21(2)17-26(32)30(33)13-15-31(16-14-30)27(34)12-11-22-9-7-6-8-10-22/h6-12,17-18,21,25H,5,13-16,19-20H2,1-4H3. The van der Waals surface area contributed by atoms with Crippen molar-refractivity contribution in [2.75, 3.05) is 40.4 Å². The third-order valence-corrected chi connectivity index (χ3v) is 8.40. The molecular weight excluding hydrogens is 466 g/mol. The summed E-state index contributed by atoms with van der Waals surface area (Å²) in [5.74, 6) is 1.03. The maximum Gasteiger partial charge on any atom is 0.325 e. The van der Waals surface area contributed by atoms with Crippen molar-refractivity contribution in [3.05, 3.63) is 76.7 Å². The van der Waals surface area contributed by atoms with Gasteiger partial charge in [0.25, 0.3) is 0 Å². The zero-order valence-electron chi connectivity index (χ0n) is 22.3. The van der Waals surface area contributed by atoms with Gasteiger partial charge in [0.05, 0.1) is 31.1 Å². The first-order valence-electron chi connectivity index (χ1n) is 13.3. The van der Waals surface area contributed by atoms with Gasteiger partial charge in [0.1, 0.15) is 0 Å². The maximum atomic E-state index is 13.8. The molecule has 1 aromatic rings. The molecular formula is C30H37N3O4. The maximum absolute atomic E-state index is 13.8. The Labute approximate surface area is 219 Å². The summed E-state index contributed by atoms with van der Waals surface area (Å²) in [6, 6.07) is 9.91. The number of fused-ring (bicyclic) bond motifs is 2. The average Bonchev–Trinajstić information content (AvgIpc) is 3.03. The molecule has 1 aromatic carbocycles. The number of methoxy groups -OCH3 is 2. The van der Waals surface area contributed by atoms with Crippen molar-refractivity contribution < 1.29 is 19.1 Å². The van der Waals surface area contributed by atoms with E-state index in [0.717, 1.165) is 35.4 Å². The van der Waals surface area contributed by atoms with Crippen molar-refractivity contribution in [1.82, 2.24) is 14.7 Å². The summed E-state index contributed by atoms with van der Waals surface area (Å²) in [5.41, 5.74) is 4.03. The van der Waals surface area contributed by atoms with E-state index in [1.54, 1.807) is 20.3 Å². The largest absolute Gasteiger partial charge is 0.501 e. The Kier molecular flexibility index (Phi) is 6.99. The molecule has 7 heteroatoms. The van der Waals surface area contributed by atoms with E-state index in [9.17, 15) is 9.59 Å². The van der Waals surface area contributed by atoms with Crippen LogP contribution in [0.2, 0.25) is 0 Å². The van der Waals surface area contributed by atoms with Gasteiger partial charge in [-0.3, -0.25) is 9.69 Å². The highest BCUT2D eigenvalue weighted by molar-refractivity contribution is 5.92. The zero-order chi connectivity index (χ0) is 26.2. The monoisotopic (exact) mass is 503 g/mol. The number of urea groups is 1. The molecule has 4 aliphatic rings. The van der Waals surface area contributed by atoms with Gasteiger partial charge in [-0.15, -0.1) is 0 Å². The van der Waals surface area contributed by atoms with E-state index >= 15 is 0 Å². The van der Waals surface area contributed by atoms with E-state index in [4.69, 9.17) is 9.47 Å². The van der Waals surface area contributed by atoms with Gasteiger partial charge in [-0.2, -0.15) is 0 Å². The van der Waals surface area contributed by atoms with Gasteiger partial charge in [0, 0.05) is 50.9 Å². The summed E-state index contributed by atoms with van der Waals surface area (Å²) in [6.45, 7) is 6.62. The number of nitrogens with zero attached hydrogens (tertiary/aromatic N) is 3. The fourth-order valence-corrected chi connectivity index (χ4v) is 6.53. The van der Waals surface area contributed by atoms with Gasteiger partial charge in [-0.25, -0.2) is 4.79 Å². The van der Waals surface area contributed by atoms with E-state index < -0.39 is 5.54 Å². The van der Waals surface area contributed by atoms with Gasteiger partial charge in [0.2, 0.25) is 5.91 Å². The summed E-state index contributed by atoms with van der Waals surface area (Å²) in [4.78, 5) is 32.6. The molecule has 0 radical (unpaired) electrons. The average molecular weight is 504 g/mol. The zero-order valence-corrected chi connectivity index (χ0v) is 22.3. The molecule has 2 fully saturated rings. The fraction of sp³-hybridized carbons (Fsp3) is 0.467. The second kappa shape index (κ2) is 10.2. The van der Waals surface area contributed by atoms with Crippen LogP contribution in [0.1, 0.15) is 38.7 Å². The number of allylic oxidation sites excluding steroid dienone is 1. The first-order valence-corrected chi connectivity index (χ1v) is 13.3. The van der Waals surface area contributed by atoms with Gasteiger partial charge in [-0.05, 0) is 48.6 Å². The first kappa shape index (κ1) is 25.3. The molecule has 3 amide bonds. The van der Waals surface area contributed by atoms with Crippen LogP contribution in [0.3, 0.4) is 0 Å². The lowest BCUT2D eigenvalue weighted by molar-refractivity contribution is -0.127. The third-order valence-electron chi connectivity index (χ3n) is 8.40. The molecule has 0 bridgehead atoms. The second-order valence-electron chi connectivity index (χ2n) is 10.3. The molecule has 1 aliphatic carbocycles. The lowest BCUT2D eigenvalue weighted by atomic mass is 9.81. The highest BCUT2D eigenvalue weighted by atomic mass is 16.5. The van der Waals surface area contributed by atoms with Gasteiger partial charge < -0.3 is 19.3 Å². The minimum absolute atomic E-state index is 0.0171. The lowest BCUT2D eigenvalue weighted by Crippen LogP contribution is -2.54. The van der Waals surface area contributed by atoms with E-state index in [1.165, 1.54) is 5.57 Å². The predicted octanol–water partition coefficient (Wildman–Crippen LogP) is 4.60. The minimum Gasteiger partial charge on any atom is -0.501 e. The summed E-state index contributed by atoms with van der Waals surface area (Å²) in [6.07, 6.45) is 9.98. The fourth-order valence-electron chi connectivity index (χ4n) is 6.53. The Morgan fingerprint density at radius 3 is 2.54 bits per heavy atom. The number of ether oxygens (including phenoxy) is 2. The number of carbonyl (C=O) groups is 2. The van der Waals surface area contributed by atoms with E-state index in [2.05, 4.69) is 19.1 Å². The smallest absolute Gasteiger partial charge is 0.325 e. The van der Waals surface area contributed by atoms with Crippen molar-refractivity contribution in [3.63, 3.8) is 0 Å². The lowest BCUT2D eigenvalue weighted by Gasteiger charge is -2.44. The summed E-state index contributed by atoms with van der Waals surface area (Å²) < 4.78 is 11.5. The summed E-state index contributed by atoms with van der Waals surface area (Å²) in [7, 11) is 3.43. The Morgan fingerprint density at radius 2 is 1.89 bits per heavy atom. The topological polar surface area (TPSA) is 62.3 Å². The molecule has 2 atom stereocenters. The van der Waals surface area contributed by atoms with E-state index in [1.807, 2.05) is 58.0 Å². The summed E-state index contributed by atoms with van der Waals surface area (Å²) >= 11 is 0. The molecule has 0 saturated carbocycles. The van der Waals surface area contributed by atoms with Crippen molar-refractivity contribution in [3.8, 4) is 0 Å². The van der Waals surface area contributed by atoms with Crippen molar-refractivity contribution in [2.45, 2.75) is 44.8 Å². The molecule has 0 N–H and O–H groups in total. The van der Waals surface area contributed by atoms with Crippen LogP contribution in [0.5, 0.6) is 0 Å². The highest BCUT2D eigenvalue weighted by Crippen LogP contribution is 2.47. The molecule has 2 unspecified atom stereocenters.